The Bertz CT molecular complexity index is 794. The van der Waals surface area contributed by atoms with Crippen LogP contribution in [0.25, 0.3) is 0 Å². The van der Waals surface area contributed by atoms with Crippen LogP contribution in [0.2, 0.25) is 0 Å². The standard InChI is InChI=1S/C19H22FN3O3S/c20-12-3-4-15-13(11-12)14(6-10-27-15)21-16(24)5-9-23-17(25)19(22-18(23)26)7-1-2-8-19/h3-4,11,14H,1-2,5-10H2,(H,21,24)(H,22,26)/t14-/m1/s1. The maximum Gasteiger partial charge on any atom is 0.325 e. The number of benzene rings is 1. The molecule has 2 aliphatic heterocycles. The molecule has 1 atom stereocenters. The van der Waals surface area contributed by atoms with Gasteiger partial charge >= 0.3 is 6.03 Å². The third-order valence-electron chi connectivity index (χ3n) is 5.61. The van der Waals surface area contributed by atoms with E-state index in [0.717, 1.165) is 40.4 Å². The van der Waals surface area contributed by atoms with Crippen molar-refractivity contribution in [1.29, 1.82) is 0 Å². The minimum absolute atomic E-state index is 0.0452. The van der Waals surface area contributed by atoms with Crippen molar-refractivity contribution in [3.8, 4) is 0 Å². The van der Waals surface area contributed by atoms with Crippen LogP contribution in [0.4, 0.5) is 9.18 Å². The molecule has 0 bridgehead atoms. The van der Waals surface area contributed by atoms with Crippen LogP contribution in [0.1, 0.15) is 50.1 Å². The molecule has 27 heavy (non-hydrogen) atoms. The molecule has 1 saturated heterocycles. The molecule has 2 N–H and O–H groups in total. The largest absolute Gasteiger partial charge is 0.349 e. The number of carbonyl (C=O) groups excluding carboxylic acids is 3. The Balaban J connectivity index is 1.36. The quantitative estimate of drug-likeness (QED) is 0.774. The lowest BCUT2D eigenvalue weighted by Gasteiger charge is -2.26. The van der Waals surface area contributed by atoms with E-state index in [1.165, 1.54) is 12.1 Å². The average Bonchev–Trinajstić information content (AvgIpc) is 3.20. The number of imide groups is 1. The van der Waals surface area contributed by atoms with E-state index in [9.17, 15) is 18.8 Å². The highest BCUT2D eigenvalue weighted by Crippen LogP contribution is 2.37. The van der Waals surface area contributed by atoms with Gasteiger partial charge < -0.3 is 10.6 Å². The van der Waals surface area contributed by atoms with Gasteiger partial charge in [0.25, 0.3) is 5.91 Å². The molecule has 0 unspecified atom stereocenters. The van der Waals surface area contributed by atoms with E-state index < -0.39 is 11.6 Å². The Morgan fingerprint density at radius 3 is 2.89 bits per heavy atom. The Hall–Kier alpha value is -2.09. The Morgan fingerprint density at radius 1 is 1.33 bits per heavy atom. The molecule has 1 aromatic rings. The van der Waals surface area contributed by atoms with Crippen LogP contribution in [-0.4, -0.2) is 40.6 Å². The summed E-state index contributed by atoms with van der Waals surface area (Å²) < 4.78 is 13.6. The SMILES string of the molecule is O=C(CCN1C(=O)NC2(CCCC2)C1=O)N[C@@H]1CCSc2ccc(F)cc21. The van der Waals surface area contributed by atoms with Crippen LogP contribution in [0.5, 0.6) is 0 Å². The molecule has 1 spiro atoms. The van der Waals surface area contributed by atoms with E-state index in [1.807, 2.05) is 0 Å². The number of hydrogen-bond acceptors (Lipinski definition) is 4. The molecule has 6 nitrogen and oxygen atoms in total. The van der Waals surface area contributed by atoms with Gasteiger partial charge in [-0.3, -0.25) is 14.5 Å². The van der Waals surface area contributed by atoms with Gasteiger partial charge in [0.2, 0.25) is 5.91 Å². The maximum atomic E-state index is 13.6. The number of thioether (sulfide) groups is 1. The van der Waals surface area contributed by atoms with Crippen molar-refractivity contribution in [1.82, 2.24) is 15.5 Å². The highest BCUT2D eigenvalue weighted by Gasteiger charge is 2.52. The van der Waals surface area contributed by atoms with Gasteiger partial charge in [0.15, 0.2) is 0 Å². The van der Waals surface area contributed by atoms with Gasteiger partial charge in [-0.1, -0.05) is 12.8 Å². The van der Waals surface area contributed by atoms with Gasteiger partial charge in [-0.2, -0.15) is 0 Å². The van der Waals surface area contributed by atoms with Gasteiger partial charge in [0, 0.05) is 23.6 Å². The van der Waals surface area contributed by atoms with Crippen molar-refractivity contribution in [2.24, 2.45) is 0 Å². The highest BCUT2D eigenvalue weighted by molar-refractivity contribution is 7.99. The number of carbonyl (C=O) groups is 3. The molecule has 0 radical (unpaired) electrons. The Labute approximate surface area is 161 Å². The number of halogens is 1. The first kappa shape index (κ1) is 18.3. The fraction of sp³-hybridized carbons (Fsp3) is 0.526. The molecular weight excluding hydrogens is 369 g/mol. The third-order valence-corrected chi connectivity index (χ3v) is 6.73. The van der Waals surface area contributed by atoms with Crippen molar-refractivity contribution >= 4 is 29.6 Å². The molecule has 3 aliphatic rings. The molecule has 4 rings (SSSR count). The molecule has 144 valence electrons. The lowest BCUT2D eigenvalue weighted by atomic mass is 9.98. The van der Waals surface area contributed by atoms with Crippen molar-refractivity contribution in [3.63, 3.8) is 0 Å². The van der Waals surface area contributed by atoms with Crippen molar-refractivity contribution in [2.75, 3.05) is 12.3 Å². The zero-order valence-corrected chi connectivity index (χ0v) is 15.7. The van der Waals surface area contributed by atoms with E-state index in [0.29, 0.717) is 12.8 Å². The van der Waals surface area contributed by atoms with Gasteiger partial charge in [0.1, 0.15) is 11.4 Å². The summed E-state index contributed by atoms with van der Waals surface area (Å²) >= 11 is 1.65. The molecule has 8 heteroatoms. The van der Waals surface area contributed by atoms with Gasteiger partial charge in [-0.15, -0.1) is 11.8 Å². The summed E-state index contributed by atoms with van der Waals surface area (Å²) in [6.45, 7) is 0.0652. The smallest absolute Gasteiger partial charge is 0.325 e. The number of nitrogens with one attached hydrogen (secondary N) is 2. The van der Waals surface area contributed by atoms with Crippen molar-refractivity contribution in [2.45, 2.75) is 55.0 Å². The molecular formula is C19H22FN3O3S. The lowest BCUT2D eigenvalue weighted by Crippen LogP contribution is -2.44. The Kier molecular flexibility index (Phi) is 4.84. The summed E-state index contributed by atoms with van der Waals surface area (Å²) in [6.07, 6.45) is 3.96. The minimum atomic E-state index is -0.745. The number of fused-ring (bicyclic) bond motifs is 1. The van der Waals surface area contributed by atoms with Gasteiger partial charge in [-0.25, -0.2) is 9.18 Å². The van der Waals surface area contributed by atoms with E-state index >= 15 is 0 Å². The average molecular weight is 391 g/mol. The first-order valence-electron chi connectivity index (χ1n) is 9.34. The third kappa shape index (κ3) is 3.42. The normalized spacial score (nSPS) is 23.4. The lowest BCUT2D eigenvalue weighted by molar-refractivity contribution is -0.131. The fourth-order valence-electron chi connectivity index (χ4n) is 4.19. The molecule has 4 amide bonds. The number of hydrogen-bond donors (Lipinski definition) is 2. The van der Waals surface area contributed by atoms with Crippen LogP contribution in [0, 0.1) is 5.82 Å². The summed E-state index contributed by atoms with van der Waals surface area (Å²) in [5.74, 6) is 0.0742. The molecule has 1 saturated carbocycles. The topological polar surface area (TPSA) is 78.5 Å². The number of urea groups is 1. The molecule has 2 heterocycles. The van der Waals surface area contributed by atoms with E-state index in [1.54, 1.807) is 17.8 Å². The first-order chi connectivity index (χ1) is 13.0. The van der Waals surface area contributed by atoms with Crippen LogP contribution in [0.15, 0.2) is 23.1 Å². The van der Waals surface area contributed by atoms with Crippen LogP contribution >= 0.6 is 11.8 Å². The zero-order chi connectivity index (χ0) is 19.0. The van der Waals surface area contributed by atoms with Crippen LogP contribution in [-0.2, 0) is 9.59 Å². The second-order valence-electron chi connectivity index (χ2n) is 7.37. The second-order valence-corrected chi connectivity index (χ2v) is 8.50. The maximum absolute atomic E-state index is 13.6. The van der Waals surface area contributed by atoms with Crippen LogP contribution < -0.4 is 10.6 Å². The van der Waals surface area contributed by atoms with E-state index in [4.69, 9.17) is 0 Å². The molecule has 1 aliphatic carbocycles. The predicted octanol–water partition coefficient (Wildman–Crippen LogP) is 2.73. The highest BCUT2D eigenvalue weighted by atomic mass is 32.2. The van der Waals surface area contributed by atoms with Crippen molar-refractivity contribution < 1.29 is 18.8 Å². The van der Waals surface area contributed by atoms with Gasteiger partial charge in [-0.05, 0) is 43.0 Å². The fourth-order valence-corrected chi connectivity index (χ4v) is 5.30. The van der Waals surface area contributed by atoms with E-state index in [-0.39, 0.29) is 36.6 Å². The summed E-state index contributed by atoms with van der Waals surface area (Å²) in [6, 6.07) is 3.98. The summed E-state index contributed by atoms with van der Waals surface area (Å²) in [7, 11) is 0. The monoisotopic (exact) mass is 391 g/mol. The number of amides is 4. The number of nitrogens with zero attached hydrogens (tertiary/aromatic N) is 1. The second kappa shape index (κ2) is 7.14. The van der Waals surface area contributed by atoms with E-state index in [2.05, 4.69) is 10.6 Å². The van der Waals surface area contributed by atoms with Gasteiger partial charge in [0.05, 0.1) is 6.04 Å². The summed E-state index contributed by atoms with van der Waals surface area (Å²) in [5, 5.41) is 5.74. The summed E-state index contributed by atoms with van der Waals surface area (Å²) in [5.41, 5.74) is 0.0458. The molecule has 0 aromatic heterocycles. The molecule has 1 aromatic carbocycles. The van der Waals surface area contributed by atoms with Crippen molar-refractivity contribution in [3.05, 3.63) is 29.6 Å². The molecule has 2 fully saturated rings. The minimum Gasteiger partial charge on any atom is -0.349 e. The zero-order valence-electron chi connectivity index (χ0n) is 14.9. The first-order valence-corrected chi connectivity index (χ1v) is 10.3. The Morgan fingerprint density at radius 2 is 2.11 bits per heavy atom. The predicted molar refractivity (Wildman–Crippen MR) is 98.7 cm³/mol. The summed E-state index contributed by atoms with van der Waals surface area (Å²) in [4.78, 5) is 39.3. The number of rotatable bonds is 4. The van der Waals surface area contributed by atoms with Crippen LogP contribution in [0.3, 0.4) is 0 Å².